The highest BCUT2D eigenvalue weighted by Crippen LogP contribution is 2.43. The number of likely N-dealkylation sites (tertiary alicyclic amines) is 1. The molecule has 3 rings (SSSR count). The zero-order chi connectivity index (χ0) is 15.1. The number of amides is 2. The summed E-state index contributed by atoms with van der Waals surface area (Å²) >= 11 is 0. The second-order valence-electron chi connectivity index (χ2n) is 5.17. The van der Waals surface area contributed by atoms with E-state index >= 15 is 0 Å². The number of aryl methyl sites for hydroxylation is 1. The Morgan fingerprint density at radius 2 is 2.24 bits per heavy atom. The summed E-state index contributed by atoms with van der Waals surface area (Å²) < 4.78 is 5.56. The van der Waals surface area contributed by atoms with Crippen LogP contribution in [0.3, 0.4) is 0 Å². The van der Waals surface area contributed by atoms with Crippen LogP contribution >= 0.6 is 0 Å². The second kappa shape index (κ2) is 4.67. The van der Waals surface area contributed by atoms with Crippen molar-refractivity contribution in [3.63, 3.8) is 0 Å². The summed E-state index contributed by atoms with van der Waals surface area (Å²) in [5.74, 6) is 1.87. The first-order valence-corrected chi connectivity index (χ1v) is 6.59. The molecule has 0 radical (unpaired) electrons. The van der Waals surface area contributed by atoms with E-state index in [-0.39, 0.29) is 30.7 Å². The van der Waals surface area contributed by atoms with Crippen molar-refractivity contribution in [1.82, 2.24) is 4.90 Å². The normalized spacial score (nSPS) is 20.6. The average Bonchev–Trinajstić information content (AvgIpc) is 2.42. The number of fused-ring (bicyclic) bond motifs is 3. The third-order valence-corrected chi connectivity index (χ3v) is 3.78. The molecule has 1 saturated heterocycles. The van der Waals surface area contributed by atoms with Crippen molar-refractivity contribution in [2.75, 3.05) is 6.54 Å². The van der Waals surface area contributed by atoms with Crippen LogP contribution in [0, 0.1) is 19.3 Å². The van der Waals surface area contributed by atoms with Gasteiger partial charge in [0.25, 0.3) is 5.91 Å². The lowest BCUT2D eigenvalue weighted by Gasteiger charge is -2.35. The minimum atomic E-state index is -0.460. The fraction of sp³-hybridized carbons (Fsp3) is 0.250. The number of hydrogen-bond acceptors (Lipinski definition) is 4. The zero-order valence-corrected chi connectivity index (χ0v) is 11.6. The van der Waals surface area contributed by atoms with Crippen molar-refractivity contribution in [1.29, 1.82) is 0 Å². The van der Waals surface area contributed by atoms with Crippen LogP contribution in [0.25, 0.3) is 0 Å². The van der Waals surface area contributed by atoms with E-state index in [1.807, 2.05) is 25.1 Å². The Morgan fingerprint density at radius 3 is 2.95 bits per heavy atom. The van der Waals surface area contributed by atoms with Crippen molar-refractivity contribution >= 4 is 11.8 Å². The van der Waals surface area contributed by atoms with Crippen LogP contribution in [0.1, 0.15) is 23.5 Å². The SMILES string of the molecule is C#CCN1C(=O)CC2C(=C(N)Oc3cc(C)ccc32)C1=O. The van der Waals surface area contributed by atoms with E-state index in [0.717, 1.165) is 16.0 Å². The van der Waals surface area contributed by atoms with E-state index in [1.165, 1.54) is 0 Å². The van der Waals surface area contributed by atoms with Gasteiger partial charge in [0.2, 0.25) is 5.91 Å². The van der Waals surface area contributed by atoms with Crippen molar-refractivity contribution in [3.8, 4) is 18.1 Å². The highest BCUT2D eigenvalue weighted by Gasteiger charge is 2.42. The first-order valence-electron chi connectivity index (χ1n) is 6.59. The number of rotatable bonds is 1. The molecule has 1 aromatic carbocycles. The van der Waals surface area contributed by atoms with Gasteiger partial charge >= 0.3 is 0 Å². The third kappa shape index (κ3) is 1.96. The van der Waals surface area contributed by atoms with Crippen molar-refractivity contribution in [2.24, 2.45) is 5.73 Å². The highest BCUT2D eigenvalue weighted by atomic mass is 16.5. The second-order valence-corrected chi connectivity index (χ2v) is 5.17. The smallest absolute Gasteiger partial charge is 0.263 e. The van der Waals surface area contributed by atoms with Crippen LogP contribution in [0.15, 0.2) is 29.7 Å². The molecule has 0 bridgehead atoms. The number of piperidine rings is 1. The monoisotopic (exact) mass is 282 g/mol. The van der Waals surface area contributed by atoms with Gasteiger partial charge in [-0.05, 0) is 18.6 Å². The van der Waals surface area contributed by atoms with E-state index in [4.69, 9.17) is 16.9 Å². The Kier molecular flexibility index (Phi) is 2.95. The van der Waals surface area contributed by atoms with Crippen LogP contribution in [0.4, 0.5) is 0 Å². The number of nitrogens with zero attached hydrogens (tertiary/aromatic N) is 1. The summed E-state index contributed by atoms with van der Waals surface area (Å²) in [6.45, 7) is 1.88. The molecule has 0 saturated carbocycles. The van der Waals surface area contributed by atoms with Gasteiger partial charge in [0.1, 0.15) is 5.75 Å². The van der Waals surface area contributed by atoms with Gasteiger partial charge in [-0.3, -0.25) is 14.5 Å². The van der Waals surface area contributed by atoms with Gasteiger partial charge < -0.3 is 10.5 Å². The molecule has 2 heterocycles. The first kappa shape index (κ1) is 13.3. The molecule has 21 heavy (non-hydrogen) atoms. The van der Waals surface area contributed by atoms with Gasteiger partial charge in [-0.1, -0.05) is 18.1 Å². The van der Waals surface area contributed by atoms with Crippen LogP contribution < -0.4 is 10.5 Å². The van der Waals surface area contributed by atoms with E-state index in [1.54, 1.807) is 0 Å². The number of benzene rings is 1. The minimum Gasteiger partial charge on any atom is -0.441 e. The Morgan fingerprint density at radius 1 is 1.48 bits per heavy atom. The van der Waals surface area contributed by atoms with E-state index in [9.17, 15) is 9.59 Å². The van der Waals surface area contributed by atoms with E-state index < -0.39 is 5.91 Å². The van der Waals surface area contributed by atoms with Crippen LogP contribution in [0.2, 0.25) is 0 Å². The number of imide groups is 1. The summed E-state index contributed by atoms with van der Waals surface area (Å²) in [6, 6.07) is 5.64. The molecular formula is C16H14N2O3. The van der Waals surface area contributed by atoms with E-state index in [2.05, 4.69) is 5.92 Å². The molecule has 0 aliphatic carbocycles. The molecule has 2 N–H and O–H groups in total. The summed E-state index contributed by atoms with van der Waals surface area (Å²) in [7, 11) is 0. The fourth-order valence-electron chi connectivity index (χ4n) is 2.78. The zero-order valence-electron chi connectivity index (χ0n) is 11.6. The maximum absolute atomic E-state index is 12.4. The molecule has 5 nitrogen and oxygen atoms in total. The molecule has 0 spiro atoms. The molecule has 106 valence electrons. The first-order chi connectivity index (χ1) is 10.0. The van der Waals surface area contributed by atoms with Gasteiger partial charge in [0.15, 0.2) is 5.88 Å². The number of carbonyl (C=O) groups is 2. The van der Waals surface area contributed by atoms with Gasteiger partial charge in [-0.2, -0.15) is 0 Å². The molecule has 2 aliphatic heterocycles. The molecule has 0 aromatic heterocycles. The summed E-state index contributed by atoms with van der Waals surface area (Å²) in [5, 5.41) is 0. The maximum atomic E-state index is 12.4. The lowest BCUT2D eigenvalue weighted by Crippen LogP contribution is -2.46. The molecule has 1 atom stereocenters. The molecule has 2 aliphatic rings. The van der Waals surface area contributed by atoms with Crippen molar-refractivity contribution < 1.29 is 14.3 Å². The number of carbonyl (C=O) groups excluding carboxylic acids is 2. The average molecular weight is 282 g/mol. The van der Waals surface area contributed by atoms with E-state index in [0.29, 0.717) is 11.3 Å². The van der Waals surface area contributed by atoms with Gasteiger partial charge in [-0.15, -0.1) is 6.42 Å². The Hall–Kier alpha value is -2.74. The van der Waals surface area contributed by atoms with Crippen LogP contribution in [-0.4, -0.2) is 23.3 Å². The standard InChI is InChI=1S/C16H14N2O3/c1-3-6-18-13(19)8-11-10-5-4-9(2)7-12(10)21-15(17)14(11)16(18)20/h1,4-5,7,11H,6,8,17H2,2H3. The molecule has 1 unspecified atom stereocenters. The lowest BCUT2D eigenvalue weighted by atomic mass is 9.82. The van der Waals surface area contributed by atoms with Gasteiger partial charge in [0.05, 0.1) is 12.1 Å². The van der Waals surface area contributed by atoms with Crippen LogP contribution in [0.5, 0.6) is 5.75 Å². The Labute approximate surface area is 122 Å². The fourth-order valence-corrected chi connectivity index (χ4v) is 2.78. The Balaban J connectivity index is 2.09. The summed E-state index contributed by atoms with van der Waals surface area (Å²) in [4.78, 5) is 25.6. The number of nitrogens with two attached hydrogens (primary N) is 1. The number of hydrogen-bond donors (Lipinski definition) is 1. The van der Waals surface area contributed by atoms with Gasteiger partial charge in [0, 0.05) is 17.9 Å². The van der Waals surface area contributed by atoms with Crippen molar-refractivity contribution in [2.45, 2.75) is 19.3 Å². The summed E-state index contributed by atoms with van der Waals surface area (Å²) in [5.41, 5.74) is 8.05. The number of terminal acetylenes is 1. The van der Waals surface area contributed by atoms with Gasteiger partial charge in [-0.25, -0.2) is 0 Å². The molecule has 2 amide bonds. The van der Waals surface area contributed by atoms with Crippen molar-refractivity contribution in [3.05, 3.63) is 40.8 Å². The Bertz CT molecular complexity index is 728. The highest BCUT2D eigenvalue weighted by molar-refractivity contribution is 6.09. The topological polar surface area (TPSA) is 72.6 Å². The molecular weight excluding hydrogens is 268 g/mol. The molecule has 1 fully saturated rings. The molecule has 1 aromatic rings. The maximum Gasteiger partial charge on any atom is 0.263 e. The lowest BCUT2D eigenvalue weighted by molar-refractivity contribution is -0.144. The largest absolute Gasteiger partial charge is 0.441 e. The minimum absolute atomic E-state index is 0.0534. The molecule has 5 heteroatoms. The summed E-state index contributed by atoms with van der Waals surface area (Å²) in [6.07, 6.45) is 5.37. The predicted molar refractivity (Wildman–Crippen MR) is 75.9 cm³/mol. The number of ether oxygens (including phenoxy) is 1. The predicted octanol–water partition coefficient (Wildman–Crippen LogP) is 1.03. The third-order valence-electron chi connectivity index (χ3n) is 3.78. The quantitative estimate of drug-likeness (QED) is 0.617. The van der Waals surface area contributed by atoms with Crippen LogP contribution in [-0.2, 0) is 9.59 Å².